The van der Waals surface area contributed by atoms with E-state index in [0.29, 0.717) is 10.7 Å². The number of thiol groups is 1. The van der Waals surface area contributed by atoms with Gasteiger partial charge in [0.15, 0.2) is 9.84 Å². The average Bonchev–Trinajstić information content (AvgIpc) is 2.46. The Labute approximate surface area is 103 Å². The maximum Gasteiger partial charge on any atom is 0.152 e. The number of hydrogen-bond acceptors (Lipinski definition) is 3. The van der Waals surface area contributed by atoms with E-state index in [2.05, 4.69) is 19.6 Å². The van der Waals surface area contributed by atoms with Crippen LogP contribution in [0.25, 0.3) is 0 Å². The third-order valence-electron chi connectivity index (χ3n) is 2.65. The van der Waals surface area contributed by atoms with Crippen LogP contribution in [-0.2, 0) is 9.84 Å². The predicted molar refractivity (Wildman–Crippen MR) is 70.3 cm³/mol. The Balaban J connectivity index is 2.61. The molecule has 0 amide bonds. The van der Waals surface area contributed by atoms with Crippen molar-refractivity contribution >= 4 is 39.0 Å². The molecule has 1 aliphatic heterocycles. The molecule has 1 rings (SSSR count). The molecule has 0 spiro atoms. The van der Waals surface area contributed by atoms with Gasteiger partial charge >= 0.3 is 0 Å². The first-order chi connectivity index (χ1) is 6.96. The maximum atomic E-state index is 11.3. The van der Waals surface area contributed by atoms with Crippen molar-refractivity contribution in [3.05, 3.63) is 0 Å². The molecule has 1 atom stereocenters. The smallest absolute Gasteiger partial charge is 0.152 e. The molecule has 0 bridgehead atoms. The van der Waals surface area contributed by atoms with Crippen molar-refractivity contribution in [2.75, 3.05) is 18.1 Å². The Morgan fingerprint density at radius 1 is 1.60 bits per heavy atom. The minimum Gasteiger partial charge on any atom is -0.354 e. The van der Waals surface area contributed by atoms with E-state index in [1.165, 1.54) is 0 Å². The lowest BCUT2D eigenvalue weighted by Crippen LogP contribution is -2.38. The molecule has 0 aromatic heterocycles. The maximum absolute atomic E-state index is 11.3. The molecule has 0 unspecified atom stereocenters. The highest BCUT2D eigenvalue weighted by Gasteiger charge is 2.32. The van der Waals surface area contributed by atoms with Crippen molar-refractivity contribution in [1.82, 2.24) is 4.90 Å². The van der Waals surface area contributed by atoms with Crippen molar-refractivity contribution in [2.45, 2.75) is 32.2 Å². The molecular weight excluding hydrogens is 250 g/mol. The predicted octanol–water partition coefficient (Wildman–Crippen LogP) is 1.49. The zero-order valence-electron chi connectivity index (χ0n) is 8.85. The van der Waals surface area contributed by atoms with Gasteiger partial charge in [-0.1, -0.05) is 25.6 Å². The van der Waals surface area contributed by atoms with E-state index < -0.39 is 9.84 Å². The largest absolute Gasteiger partial charge is 0.354 e. The van der Waals surface area contributed by atoms with Gasteiger partial charge in [-0.2, -0.15) is 0 Å². The first kappa shape index (κ1) is 13.3. The third kappa shape index (κ3) is 3.92. The summed E-state index contributed by atoms with van der Waals surface area (Å²) in [6, 6.07) is 0.0477. The lowest BCUT2D eigenvalue weighted by Gasteiger charge is -2.28. The van der Waals surface area contributed by atoms with E-state index >= 15 is 0 Å². The summed E-state index contributed by atoms with van der Waals surface area (Å²) in [5, 5.41) is 0. The third-order valence-corrected chi connectivity index (χ3v) is 4.89. The van der Waals surface area contributed by atoms with E-state index in [9.17, 15) is 8.42 Å². The van der Waals surface area contributed by atoms with Gasteiger partial charge in [0, 0.05) is 12.6 Å². The van der Waals surface area contributed by atoms with Crippen LogP contribution in [-0.4, -0.2) is 41.7 Å². The van der Waals surface area contributed by atoms with Gasteiger partial charge in [-0.3, -0.25) is 0 Å². The minimum absolute atomic E-state index is 0.0477. The van der Waals surface area contributed by atoms with Gasteiger partial charge in [0.25, 0.3) is 0 Å². The molecule has 0 saturated carbocycles. The molecule has 0 aromatic rings. The summed E-state index contributed by atoms with van der Waals surface area (Å²) in [6.07, 6.45) is 2.79. The van der Waals surface area contributed by atoms with Crippen LogP contribution in [0.4, 0.5) is 0 Å². The molecule has 6 heteroatoms. The average molecular weight is 267 g/mol. The van der Waals surface area contributed by atoms with Crippen molar-refractivity contribution < 1.29 is 8.42 Å². The second-order valence-electron chi connectivity index (χ2n) is 3.89. The molecule has 15 heavy (non-hydrogen) atoms. The van der Waals surface area contributed by atoms with Crippen LogP contribution in [0.2, 0.25) is 0 Å². The Kier molecular flexibility index (Phi) is 4.86. The summed E-state index contributed by atoms with van der Waals surface area (Å²) in [7, 11) is -2.83. The Hall–Kier alpha value is 0.190. The van der Waals surface area contributed by atoms with E-state index in [1.807, 2.05) is 4.90 Å². The van der Waals surface area contributed by atoms with Crippen LogP contribution in [0.3, 0.4) is 0 Å². The Bertz CT molecular complexity index is 326. The van der Waals surface area contributed by atoms with Gasteiger partial charge in [0.05, 0.1) is 11.5 Å². The van der Waals surface area contributed by atoms with Gasteiger partial charge in [-0.25, -0.2) is 8.42 Å². The molecular formula is C9H17NO2S3. The highest BCUT2D eigenvalue weighted by Crippen LogP contribution is 2.19. The van der Waals surface area contributed by atoms with Gasteiger partial charge in [-0.05, 0) is 12.8 Å². The number of hydrogen-bond donors (Lipinski definition) is 1. The second-order valence-corrected chi connectivity index (χ2v) is 7.23. The van der Waals surface area contributed by atoms with Crippen LogP contribution in [0.15, 0.2) is 0 Å². The van der Waals surface area contributed by atoms with E-state index in [-0.39, 0.29) is 17.5 Å². The highest BCUT2D eigenvalue weighted by molar-refractivity contribution is 8.10. The standard InChI is InChI=1S/C9H17NO2S3/c1-2-3-5-10(9(13)14)8-4-6-15(11,12)7-8/h8H,2-7H2,1H3,(H,13,14)/t8-/m0/s1. The molecule has 1 heterocycles. The zero-order chi connectivity index (χ0) is 11.5. The Morgan fingerprint density at radius 2 is 2.27 bits per heavy atom. The molecule has 1 saturated heterocycles. The van der Waals surface area contributed by atoms with Gasteiger partial charge in [0.1, 0.15) is 4.32 Å². The summed E-state index contributed by atoms with van der Waals surface area (Å²) in [5.41, 5.74) is 0. The molecule has 1 aliphatic rings. The molecule has 88 valence electrons. The number of nitrogens with zero attached hydrogens (tertiary/aromatic N) is 1. The van der Waals surface area contributed by atoms with Crippen molar-refractivity contribution in [3.63, 3.8) is 0 Å². The SMILES string of the molecule is CCCCN(C(=S)S)[C@H]1CCS(=O)(=O)C1. The highest BCUT2D eigenvalue weighted by atomic mass is 32.2. The Morgan fingerprint density at radius 3 is 2.67 bits per heavy atom. The number of sulfone groups is 1. The fourth-order valence-corrected chi connectivity index (χ4v) is 4.02. The summed E-state index contributed by atoms with van der Waals surface area (Å²) < 4.78 is 23.2. The summed E-state index contributed by atoms with van der Waals surface area (Å²) in [5.74, 6) is 0.522. The van der Waals surface area contributed by atoms with Crippen LogP contribution in [0, 0.1) is 0 Å². The summed E-state index contributed by atoms with van der Waals surface area (Å²) in [6.45, 7) is 2.92. The molecule has 3 nitrogen and oxygen atoms in total. The summed E-state index contributed by atoms with van der Waals surface area (Å²) in [4.78, 5) is 1.95. The number of unbranched alkanes of at least 4 members (excludes halogenated alkanes) is 1. The van der Waals surface area contributed by atoms with Crippen LogP contribution < -0.4 is 0 Å². The van der Waals surface area contributed by atoms with Crippen molar-refractivity contribution in [3.8, 4) is 0 Å². The number of rotatable bonds is 4. The van der Waals surface area contributed by atoms with Gasteiger partial charge < -0.3 is 4.90 Å². The van der Waals surface area contributed by atoms with Crippen molar-refractivity contribution in [2.24, 2.45) is 0 Å². The molecule has 0 N–H and O–H groups in total. The topological polar surface area (TPSA) is 37.4 Å². The normalized spacial score (nSPS) is 24.0. The van der Waals surface area contributed by atoms with Crippen LogP contribution in [0.5, 0.6) is 0 Å². The zero-order valence-corrected chi connectivity index (χ0v) is 11.4. The summed E-state index contributed by atoms with van der Waals surface area (Å²) >= 11 is 9.20. The molecule has 0 radical (unpaired) electrons. The van der Waals surface area contributed by atoms with E-state index in [1.54, 1.807) is 0 Å². The second kappa shape index (κ2) is 5.50. The minimum atomic E-state index is -2.83. The van der Waals surface area contributed by atoms with Gasteiger partial charge in [-0.15, -0.1) is 12.6 Å². The number of thiocarbonyl (C=S) groups is 1. The first-order valence-electron chi connectivity index (χ1n) is 5.16. The first-order valence-corrected chi connectivity index (χ1v) is 7.84. The van der Waals surface area contributed by atoms with Crippen LogP contribution in [0.1, 0.15) is 26.2 Å². The van der Waals surface area contributed by atoms with Gasteiger partial charge in [0.2, 0.25) is 0 Å². The lowest BCUT2D eigenvalue weighted by atomic mass is 10.2. The van der Waals surface area contributed by atoms with Crippen molar-refractivity contribution in [1.29, 1.82) is 0 Å². The fourth-order valence-electron chi connectivity index (χ4n) is 1.78. The lowest BCUT2D eigenvalue weighted by molar-refractivity contribution is 0.340. The van der Waals surface area contributed by atoms with E-state index in [4.69, 9.17) is 12.2 Å². The van der Waals surface area contributed by atoms with E-state index in [0.717, 1.165) is 19.4 Å². The molecule has 0 aromatic carbocycles. The monoisotopic (exact) mass is 267 g/mol. The van der Waals surface area contributed by atoms with Crippen LogP contribution >= 0.6 is 24.8 Å². The molecule has 1 fully saturated rings. The fraction of sp³-hybridized carbons (Fsp3) is 0.889. The quantitative estimate of drug-likeness (QED) is 0.618. The molecule has 0 aliphatic carbocycles.